The van der Waals surface area contributed by atoms with Crippen LogP contribution in [-0.2, 0) is 0 Å². The molecule has 0 aliphatic heterocycles. The molecule has 1 aliphatic carbocycles. The number of hydrogen-bond donors (Lipinski definition) is 2. The minimum absolute atomic E-state index is 0.199. The first-order chi connectivity index (χ1) is 6.16. The van der Waals surface area contributed by atoms with Gasteiger partial charge in [-0.1, -0.05) is 26.2 Å². The summed E-state index contributed by atoms with van der Waals surface area (Å²) in [5.41, 5.74) is -0.436. The molecule has 78 valence electrons. The largest absolute Gasteiger partial charge is 0.393 e. The second-order valence-corrected chi connectivity index (χ2v) is 4.41. The first-order valence-corrected chi connectivity index (χ1v) is 5.57. The average molecular weight is 186 g/mol. The van der Waals surface area contributed by atoms with Gasteiger partial charge in [-0.2, -0.15) is 0 Å². The van der Waals surface area contributed by atoms with E-state index in [4.69, 9.17) is 0 Å². The van der Waals surface area contributed by atoms with E-state index in [-0.39, 0.29) is 6.10 Å². The van der Waals surface area contributed by atoms with E-state index in [0.717, 1.165) is 51.4 Å². The molecule has 0 amide bonds. The Morgan fingerprint density at radius 2 is 1.85 bits per heavy atom. The van der Waals surface area contributed by atoms with Gasteiger partial charge in [-0.25, -0.2) is 0 Å². The van der Waals surface area contributed by atoms with Crippen molar-refractivity contribution in [2.45, 2.75) is 70.0 Å². The smallest absolute Gasteiger partial charge is 0.0648 e. The minimum atomic E-state index is -0.436. The summed E-state index contributed by atoms with van der Waals surface area (Å²) in [6.07, 6.45) is 7.43. The molecule has 1 rings (SSSR count). The van der Waals surface area contributed by atoms with E-state index in [1.165, 1.54) is 0 Å². The molecule has 0 radical (unpaired) electrons. The predicted molar refractivity (Wildman–Crippen MR) is 53.6 cm³/mol. The van der Waals surface area contributed by atoms with Gasteiger partial charge < -0.3 is 10.2 Å². The second-order valence-electron chi connectivity index (χ2n) is 4.41. The Bertz CT molecular complexity index is 139. The summed E-state index contributed by atoms with van der Waals surface area (Å²) in [5, 5.41) is 19.5. The quantitative estimate of drug-likeness (QED) is 0.691. The second kappa shape index (κ2) is 4.97. The van der Waals surface area contributed by atoms with Gasteiger partial charge >= 0.3 is 0 Å². The van der Waals surface area contributed by atoms with Crippen molar-refractivity contribution in [1.82, 2.24) is 0 Å². The average Bonchev–Trinajstić information content (AvgIpc) is 2.51. The molecule has 13 heavy (non-hydrogen) atoms. The molecule has 1 aliphatic rings. The molecular formula is C11H22O2. The maximum atomic E-state index is 10.00. The summed E-state index contributed by atoms with van der Waals surface area (Å²) in [5.74, 6) is 0. The molecule has 0 aromatic heterocycles. The van der Waals surface area contributed by atoms with Crippen LogP contribution in [0.2, 0.25) is 0 Å². The van der Waals surface area contributed by atoms with Crippen molar-refractivity contribution < 1.29 is 10.2 Å². The molecule has 1 fully saturated rings. The fourth-order valence-corrected chi connectivity index (χ4v) is 2.20. The lowest BCUT2D eigenvalue weighted by Gasteiger charge is -2.23. The Kier molecular flexibility index (Phi) is 4.20. The maximum Gasteiger partial charge on any atom is 0.0648 e. The van der Waals surface area contributed by atoms with Gasteiger partial charge in [-0.05, 0) is 32.1 Å². The lowest BCUT2D eigenvalue weighted by atomic mass is 9.93. The predicted octanol–water partition coefficient (Wildman–Crippen LogP) is 2.23. The lowest BCUT2D eigenvalue weighted by Crippen LogP contribution is -2.25. The van der Waals surface area contributed by atoms with Crippen LogP contribution in [0.5, 0.6) is 0 Å². The first kappa shape index (κ1) is 11.0. The van der Waals surface area contributed by atoms with E-state index < -0.39 is 5.60 Å². The van der Waals surface area contributed by atoms with Gasteiger partial charge in [0.2, 0.25) is 0 Å². The third kappa shape index (κ3) is 3.65. The third-order valence-electron chi connectivity index (χ3n) is 3.10. The highest BCUT2D eigenvalue weighted by Crippen LogP contribution is 2.33. The van der Waals surface area contributed by atoms with Gasteiger partial charge in [-0.3, -0.25) is 0 Å². The van der Waals surface area contributed by atoms with Crippen LogP contribution in [0.4, 0.5) is 0 Å². The van der Waals surface area contributed by atoms with Gasteiger partial charge in [0.15, 0.2) is 0 Å². The molecule has 2 N–H and O–H groups in total. The van der Waals surface area contributed by atoms with E-state index in [1.54, 1.807) is 0 Å². The summed E-state index contributed by atoms with van der Waals surface area (Å²) in [7, 11) is 0. The molecule has 2 nitrogen and oxygen atoms in total. The molecule has 1 atom stereocenters. The summed E-state index contributed by atoms with van der Waals surface area (Å²) >= 11 is 0. The van der Waals surface area contributed by atoms with Crippen LogP contribution in [0, 0.1) is 0 Å². The summed E-state index contributed by atoms with van der Waals surface area (Å²) < 4.78 is 0. The zero-order valence-corrected chi connectivity index (χ0v) is 8.63. The SMILES string of the molecule is CCCC(O)CCC1(O)CCCC1. The van der Waals surface area contributed by atoms with Gasteiger partial charge in [0, 0.05) is 0 Å². The number of aliphatic hydroxyl groups excluding tert-OH is 1. The van der Waals surface area contributed by atoms with Crippen LogP contribution < -0.4 is 0 Å². The van der Waals surface area contributed by atoms with Crippen LogP contribution in [-0.4, -0.2) is 21.9 Å². The Hall–Kier alpha value is -0.0800. The molecule has 0 aromatic carbocycles. The van der Waals surface area contributed by atoms with Crippen molar-refractivity contribution in [3.8, 4) is 0 Å². The van der Waals surface area contributed by atoms with Crippen molar-refractivity contribution in [1.29, 1.82) is 0 Å². The van der Waals surface area contributed by atoms with Crippen LogP contribution in [0.25, 0.3) is 0 Å². The van der Waals surface area contributed by atoms with E-state index in [0.29, 0.717) is 0 Å². The highest BCUT2D eigenvalue weighted by molar-refractivity contribution is 4.84. The van der Waals surface area contributed by atoms with Gasteiger partial charge in [0.25, 0.3) is 0 Å². The van der Waals surface area contributed by atoms with Crippen molar-refractivity contribution in [3.05, 3.63) is 0 Å². The molecule has 2 heteroatoms. The molecule has 1 unspecified atom stereocenters. The Balaban J connectivity index is 2.17. The van der Waals surface area contributed by atoms with Crippen molar-refractivity contribution in [2.24, 2.45) is 0 Å². The van der Waals surface area contributed by atoms with Crippen LogP contribution >= 0.6 is 0 Å². The fourth-order valence-electron chi connectivity index (χ4n) is 2.20. The van der Waals surface area contributed by atoms with E-state index in [2.05, 4.69) is 6.92 Å². The number of rotatable bonds is 5. The summed E-state index contributed by atoms with van der Waals surface area (Å²) in [4.78, 5) is 0. The number of hydrogen-bond acceptors (Lipinski definition) is 2. The van der Waals surface area contributed by atoms with E-state index in [1.807, 2.05) is 0 Å². The fraction of sp³-hybridized carbons (Fsp3) is 1.00. The maximum absolute atomic E-state index is 10.00. The van der Waals surface area contributed by atoms with Gasteiger partial charge in [0.05, 0.1) is 11.7 Å². The van der Waals surface area contributed by atoms with Crippen LogP contribution in [0.15, 0.2) is 0 Å². The standard InChI is InChI=1S/C11H22O2/c1-2-5-10(12)6-9-11(13)7-3-4-8-11/h10,12-13H,2-9H2,1H3. The lowest BCUT2D eigenvalue weighted by molar-refractivity contribution is 0.0205. The molecule has 0 spiro atoms. The molecule has 0 bridgehead atoms. The molecule has 0 heterocycles. The minimum Gasteiger partial charge on any atom is -0.393 e. The summed E-state index contributed by atoms with van der Waals surface area (Å²) in [6, 6.07) is 0. The third-order valence-corrected chi connectivity index (χ3v) is 3.10. The van der Waals surface area contributed by atoms with Crippen LogP contribution in [0.3, 0.4) is 0 Å². The highest BCUT2D eigenvalue weighted by Gasteiger charge is 2.30. The topological polar surface area (TPSA) is 40.5 Å². The zero-order valence-electron chi connectivity index (χ0n) is 8.63. The molecular weight excluding hydrogens is 164 g/mol. The number of aliphatic hydroxyl groups is 2. The van der Waals surface area contributed by atoms with Crippen molar-refractivity contribution >= 4 is 0 Å². The zero-order chi connectivity index (χ0) is 9.73. The first-order valence-electron chi connectivity index (χ1n) is 5.57. The monoisotopic (exact) mass is 186 g/mol. The highest BCUT2D eigenvalue weighted by atomic mass is 16.3. The molecule has 0 aromatic rings. The van der Waals surface area contributed by atoms with E-state index in [9.17, 15) is 10.2 Å². The van der Waals surface area contributed by atoms with Gasteiger partial charge in [0.1, 0.15) is 0 Å². The Morgan fingerprint density at radius 3 is 2.38 bits per heavy atom. The van der Waals surface area contributed by atoms with E-state index >= 15 is 0 Å². The van der Waals surface area contributed by atoms with Gasteiger partial charge in [-0.15, -0.1) is 0 Å². The Morgan fingerprint density at radius 1 is 1.23 bits per heavy atom. The molecule has 1 saturated carbocycles. The van der Waals surface area contributed by atoms with Crippen LogP contribution in [0.1, 0.15) is 58.3 Å². The normalized spacial score (nSPS) is 23.3. The summed E-state index contributed by atoms with van der Waals surface area (Å²) in [6.45, 7) is 2.08. The van der Waals surface area contributed by atoms with Crippen molar-refractivity contribution in [2.75, 3.05) is 0 Å². The Labute approximate surface area is 81.0 Å². The van der Waals surface area contributed by atoms with Crippen molar-refractivity contribution in [3.63, 3.8) is 0 Å². The molecule has 0 saturated heterocycles.